The lowest BCUT2D eigenvalue weighted by Crippen LogP contribution is -2.20. The molecule has 1 unspecified atom stereocenters. The van der Waals surface area contributed by atoms with Crippen LogP contribution in [0.4, 0.5) is 5.69 Å². The minimum Gasteiger partial charge on any atom is -0.478 e. The molecular weight excluding hydrogens is 256 g/mol. The summed E-state index contributed by atoms with van der Waals surface area (Å²) >= 11 is 0. The van der Waals surface area contributed by atoms with Crippen LogP contribution in [-0.2, 0) is 4.74 Å². The van der Waals surface area contributed by atoms with Crippen LogP contribution in [0.5, 0.6) is 0 Å². The Balaban J connectivity index is 1.96. The Kier molecular flexibility index (Phi) is 3.52. The first-order valence-electron chi connectivity index (χ1n) is 6.72. The average Bonchev–Trinajstić information content (AvgIpc) is 2.97. The largest absolute Gasteiger partial charge is 0.478 e. The summed E-state index contributed by atoms with van der Waals surface area (Å²) < 4.78 is 5.56. The van der Waals surface area contributed by atoms with Crippen LogP contribution in [0.25, 0.3) is 10.9 Å². The molecule has 20 heavy (non-hydrogen) atoms. The van der Waals surface area contributed by atoms with Crippen molar-refractivity contribution in [1.82, 2.24) is 4.98 Å². The van der Waals surface area contributed by atoms with Gasteiger partial charge >= 0.3 is 5.97 Å². The van der Waals surface area contributed by atoms with Crippen LogP contribution < -0.4 is 5.32 Å². The van der Waals surface area contributed by atoms with E-state index in [0.29, 0.717) is 12.2 Å². The number of benzene rings is 1. The predicted molar refractivity (Wildman–Crippen MR) is 76.2 cm³/mol. The molecule has 2 N–H and O–H groups in total. The van der Waals surface area contributed by atoms with Crippen LogP contribution in [0, 0.1) is 0 Å². The van der Waals surface area contributed by atoms with Gasteiger partial charge in [-0.25, -0.2) is 4.79 Å². The molecule has 1 aromatic carbocycles. The van der Waals surface area contributed by atoms with E-state index in [1.165, 1.54) is 6.20 Å². The number of hydrogen-bond donors (Lipinski definition) is 2. The van der Waals surface area contributed by atoms with Crippen molar-refractivity contribution in [2.75, 3.05) is 18.5 Å². The van der Waals surface area contributed by atoms with Crippen LogP contribution in [-0.4, -0.2) is 35.3 Å². The van der Waals surface area contributed by atoms with Crippen molar-refractivity contribution in [1.29, 1.82) is 0 Å². The van der Waals surface area contributed by atoms with Gasteiger partial charge in [-0.05, 0) is 18.9 Å². The van der Waals surface area contributed by atoms with Crippen molar-refractivity contribution in [3.05, 3.63) is 36.0 Å². The highest BCUT2D eigenvalue weighted by molar-refractivity contribution is 6.04. The Morgan fingerprint density at radius 2 is 2.30 bits per heavy atom. The molecule has 1 saturated heterocycles. The maximum Gasteiger partial charge on any atom is 0.339 e. The van der Waals surface area contributed by atoms with Crippen molar-refractivity contribution in [2.24, 2.45) is 0 Å². The Labute approximate surface area is 116 Å². The standard InChI is InChI=1S/C15H16N2O3/c18-15(19)12-9-16-13-6-2-1-5-11(13)14(12)17-8-10-4-3-7-20-10/h1-2,5-6,9-10H,3-4,7-8H2,(H,16,17)(H,18,19). The Morgan fingerprint density at radius 1 is 1.45 bits per heavy atom. The molecular formula is C15H16N2O3. The van der Waals surface area contributed by atoms with Crippen molar-refractivity contribution in [2.45, 2.75) is 18.9 Å². The molecule has 1 aliphatic heterocycles. The SMILES string of the molecule is O=C(O)c1cnc2ccccc2c1NCC1CCCO1. The van der Waals surface area contributed by atoms with Gasteiger partial charge in [-0.15, -0.1) is 0 Å². The quantitative estimate of drug-likeness (QED) is 0.894. The van der Waals surface area contributed by atoms with E-state index in [4.69, 9.17) is 4.74 Å². The van der Waals surface area contributed by atoms with Crippen LogP contribution in [0.2, 0.25) is 0 Å². The molecule has 1 aromatic heterocycles. The second-order valence-corrected chi connectivity index (χ2v) is 4.89. The lowest BCUT2D eigenvalue weighted by Gasteiger charge is -2.15. The smallest absolute Gasteiger partial charge is 0.339 e. The number of anilines is 1. The summed E-state index contributed by atoms with van der Waals surface area (Å²) in [5.74, 6) is -0.974. The third kappa shape index (κ3) is 2.44. The van der Waals surface area contributed by atoms with Gasteiger partial charge in [-0.1, -0.05) is 18.2 Å². The minimum absolute atomic E-state index is 0.156. The normalized spacial score (nSPS) is 18.3. The number of fused-ring (bicyclic) bond motifs is 1. The first kappa shape index (κ1) is 12.9. The highest BCUT2D eigenvalue weighted by Gasteiger charge is 2.18. The number of carbonyl (C=O) groups is 1. The predicted octanol–water partition coefficient (Wildman–Crippen LogP) is 2.52. The molecule has 1 atom stereocenters. The number of para-hydroxylation sites is 1. The summed E-state index contributed by atoms with van der Waals surface area (Å²) in [5, 5.41) is 13.4. The number of nitrogens with one attached hydrogen (secondary N) is 1. The fourth-order valence-corrected chi connectivity index (χ4v) is 2.52. The number of pyridine rings is 1. The maximum absolute atomic E-state index is 11.4. The van der Waals surface area contributed by atoms with Gasteiger partial charge in [0.2, 0.25) is 0 Å². The van der Waals surface area contributed by atoms with E-state index in [2.05, 4.69) is 10.3 Å². The lowest BCUT2D eigenvalue weighted by atomic mass is 10.1. The van der Waals surface area contributed by atoms with Gasteiger partial charge in [0.05, 0.1) is 17.3 Å². The highest BCUT2D eigenvalue weighted by atomic mass is 16.5. The molecule has 0 aliphatic carbocycles. The molecule has 5 heteroatoms. The Morgan fingerprint density at radius 3 is 3.05 bits per heavy atom. The summed E-state index contributed by atoms with van der Waals surface area (Å²) in [6, 6.07) is 7.53. The molecule has 0 saturated carbocycles. The summed E-state index contributed by atoms with van der Waals surface area (Å²) in [5.41, 5.74) is 1.60. The van der Waals surface area contributed by atoms with E-state index in [1.807, 2.05) is 24.3 Å². The summed E-state index contributed by atoms with van der Waals surface area (Å²) in [6.07, 6.45) is 3.64. The number of hydrogen-bond acceptors (Lipinski definition) is 4. The number of nitrogens with zero attached hydrogens (tertiary/aromatic N) is 1. The van der Waals surface area contributed by atoms with Crippen molar-refractivity contribution < 1.29 is 14.6 Å². The topological polar surface area (TPSA) is 71.5 Å². The number of carboxylic acids is 1. The number of rotatable bonds is 4. The molecule has 5 nitrogen and oxygen atoms in total. The van der Waals surface area contributed by atoms with Gasteiger partial charge in [-0.2, -0.15) is 0 Å². The number of carboxylic acid groups (broad SMARTS) is 1. The van der Waals surface area contributed by atoms with Gasteiger partial charge in [0.1, 0.15) is 5.56 Å². The second kappa shape index (κ2) is 5.46. The van der Waals surface area contributed by atoms with Gasteiger partial charge < -0.3 is 15.2 Å². The third-order valence-corrected chi connectivity index (χ3v) is 3.54. The van der Waals surface area contributed by atoms with Crippen LogP contribution in [0.15, 0.2) is 30.5 Å². The molecule has 2 heterocycles. The molecule has 0 bridgehead atoms. The number of aromatic carboxylic acids is 1. The fourth-order valence-electron chi connectivity index (χ4n) is 2.52. The van der Waals surface area contributed by atoms with Crippen molar-refractivity contribution >= 4 is 22.6 Å². The van der Waals surface area contributed by atoms with E-state index < -0.39 is 5.97 Å². The van der Waals surface area contributed by atoms with E-state index in [1.54, 1.807) is 0 Å². The van der Waals surface area contributed by atoms with E-state index in [9.17, 15) is 9.90 Å². The Bertz CT molecular complexity index is 636. The van der Waals surface area contributed by atoms with E-state index in [0.717, 1.165) is 30.4 Å². The molecule has 0 radical (unpaired) electrons. The zero-order valence-electron chi connectivity index (χ0n) is 11.0. The minimum atomic E-state index is -0.974. The lowest BCUT2D eigenvalue weighted by molar-refractivity contribution is 0.0697. The fraction of sp³-hybridized carbons (Fsp3) is 0.333. The zero-order chi connectivity index (χ0) is 13.9. The summed E-state index contributed by atoms with van der Waals surface area (Å²) in [4.78, 5) is 15.5. The van der Waals surface area contributed by atoms with Crippen molar-refractivity contribution in [3.63, 3.8) is 0 Å². The van der Waals surface area contributed by atoms with Crippen LogP contribution >= 0.6 is 0 Å². The first-order chi connectivity index (χ1) is 9.75. The molecule has 0 amide bonds. The average molecular weight is 272 g/mol. The summed E-state index contributed by atoms with van der Waals surface area (Å²) in [7, 11) is 0. The summed E-state index contributed by atoms with van der Waals surface area (Å²) in [6.45, 7) is 1.41. The van der Waals surface area contributed by atoms with Gasteiger partial charge in [0.25, 0.3) is 0 Å². The van der Waals surface area contributed by atoms with E-state index >= 15 is 0 Å². The number of aromatic nitrogens is 1. The van der Waals surface area contributed by atoms with Gasteiger partial charge in [0, 0.05) is 24.7 Å². The van der Waals surface area contributed by atoms with Gasteiger partial charge in [0.15, 0.2) is 0 Å². The first-order valence-corrected chi connectivity index (χ1v) is 6.72. The van der Waals surface area contributed by atoms with E-state index in [-0.39, 0.29) is 11.7 Å². The zero-order valence-corrected chi connectivity index (χ0v) is 11.0. The Hall–Kier alpha value is -2.14. The van der Waals surface area contributed by atoms with Crippen LogP contribution in [0.1, 0.15) is 23.2 Å². The van der Waals surface area contributed by atoms with Gasteiger partial charge in [-0.3, -0.25) is 4.98 Å². The van der Waals surface area contributed by atoms with Crippen molar-refractivity contribution in [3.8, 4) is 0 Å². The molecule has 0 spiro atoms. The second-order valence-electron chi connectivity index (χ2n) is 4.89. The molecule has 1 fully saturated rings. The molecule has 1 aliphatic rings. The molecule has 3 rings (SSSR count). The monoisotopic (exact) mass is 272 g/mol. The third-order valence-electron chi connectivity index (χ3n) is 3.54. The maximum atomic E-state index is 11.4. The highest BCUT2D eigenvalue weighted by Crippen LogP contribution is 2.26. The number of ether oxygens (including phenoxy) is 1. The molecule has 104 valence electrons. The van der Waals surface area contributed by atoms with Crippen LogP contribution in [0.3, 0.4) is 0 Å². The molecule has 2 aromatic rings.